The van der Waals surface area contributed by atoms with E-state index in [2.05, 4.69) is 20.3 Å². The number of aromatic nitrogens is 3. The number of nitrogens with one attached hydrogen (secondary N) is 1. The van der Waals surface area contributed by atoms with E-state index in [4.69, 9.17) is 11.6 Å². The van der Waals surface area contributed by atoms with Crippen LogP contribution in [0.15, 0.2) is 42.5 Å². The molecule has 150 valence electrons. The van der Waals surface area contributed by atoms with Crippen LogP contribution in [0, 0.1) is 11.2 Å². The highest BCUT2D eigenvalue weighted by Crippen LogP contribution is 2.29. The van der Waals surface area contributed by atoms with Crippen LogP contribution in [-0.4, -0.2) is 26.0 Å². The first-order valence-electron chi connectivity index (χ1n) is 8.91. The van der Waals surface area contributed by atoms with E-state index in [9.17, 15) is 14.3 Å². The number of amides is 1. The van der Waals surface area contributed by atoms with Gasteiger partial charge in [-0.25, -0.2) is 9.37 Å². The molecule has 8 heteroatoms. The van der Waals surface area contributed by atoms with Crippen molar-refractivity contribution in [2.24, 2.45) is 5.41 Å². The normalized spacial score (nSPS) is 11.3. The number of carbonyl (C=O) groups is 1. The lowest BCUT2D eigenvalue weighted by molar-refractivity contribution is -0.128. The standard InChI is InChI=1S/C21H20ClFN4O2/c1-21(2,3)19(28)24-11-12-7-8-16(22)15(9-12)18-25-17(26-20(29)27-18)13-5-4-6-14(23)10-13/h4-10H,11H2,1-3H3,(H,24,28)(H,25,26,27,29). The molecule has 2 aromatic carbocycles. The van der Waals surface area contributed by atoms with Gasteiger partial charge < -0.3 is 10.4 Å². The largest absolute Gasteiger partial charge is 0.479 e. The molecule has 1 aromatic heterocycles. The Morgan fingerprint density at radius 3 is 2.52 bits per heavy atom. The highest BCUT2D eigenvalue weighted by molar-refractivity contribution is 6.33. The average Bonchev–Trinajstić information content (AvgIpc) is 2.65. The van der Waals surface area contributed by atoms with E-state index >= 15 is 0 Å². The minimum atomic E-state index is -0.505. The summed E-state index contributed by atoms with van der Waals surface area (Å²) in [7, 11) is 0. The third kappa shape index (κ3) is 5.06. The van der Waals surface area contributed by atoms with Crippen LogP contribution in [0.4, 0.5) is 4.39 Å². The van der Waals surface area contributed by atoms with Crippen molar-refractivity contribution < 1.29 is 14.3 Å². The summed E-state index contributed by atoms with van der Waals surface area (Å²) in [6.07, 6.45) is 0. The quantitative estimate of drug-likeness (QED) is 0.662. The first-order valence-corrected chi connectivity index (χ1v) is 9.29. The molecule has 1 heterocycles. The highest BCUT2D eigenvalue weighted by Gasteiger charge is 2.21. The molecule has 0 aliphatic carbocycles. The molecule has 0 fully saturated rings. The van der Waals surface area contributed by atoms with Crippen LogP contribution in [-0.2, 0) is 11.3 Å². The number of benzene rings is 2. The molecule has 0 spiro atoms. The SMILES string of the molecule is CC(C)(C)C(=O)NCc1ccc(Cl)c(-c2nc(O)nc(-c3cccc(F)c3)n2)c1. The Labute approximate surface area is 172 Å². The van der Waals surface area contributed by atoms with E-state index in [-0.39, 0.29) is 17.6 Å². The van der Waals surface area contributed by atoms with Gasteiger partial charge in [0.05, 0.1) is 5.02 Å². The topological polar surface area (TPSA) is 88.0 Å². The Kier molecular flexibility index (Phi) is 5.79. The van der Waals surface area contributed by atoms with Crippen LogP contribution in [0.25, 0.3) is 22.8 Å². The average molecular weight is 415 g/mol. The second-order valence-electron chi connectivity index (χ2n) is 7.54. The number of carbonyl (C=O) groups excluding carboxylic acids is 1. The molecule has 29 heavy (non-hydrogen) atoms. The zero-order valence-electron chi connectivity index (χ0n) is 16.2. The molecule has 3 rings (SSSR count). The lowest BCUT2D eigenvalue weighted by Crippen LogP contribution is -2.34. The van der Waals surface area contributed by atoms with Gasteiger partial charge in [-0.05, 0) is 29.8 Å². The molecule has 0 aliphatic rings. The van der Waals surface area contributed by atoms with Crippen LogP contribution in [0.3, 0.4) is 0 Å². The van der Waals surface area contributed by atoms with Crippen LogP contribution in [0.2, 0.25) is 5.02 Å². The zero-order valence-corrected chi connectivity index (χ0v) is 17.0. The van der Waals surface area contributed by atoms with Crippen LogP contribution >= 0.6 is 11.6 Å². The lowest BCUT2D eigenvalue weighted by atomic mass is 9.95. The molecule has 6 nitrogen and oxygen atoms in total. The van der Waals surface area contributed by atoms with Crippen molar-refractivity contribution in [3.05, 3.63) is 58.9 Å². The molecule has 0 radical (unpaired) electrons. The molecule has 3 aromatic rings. The molecule has 0 aliphatic heterocycles. The number of hydrogen-bond donors (Lipinski definition) is 2. The van der Waals surface area contributed by atoms with Crippen molar-refractivity contribution in [2.45, 2.75) is 27.3 Å². The van der Waals surface area contributed by atoms with Crippen molar-refractivity contribution >= 4 is 17.5 Å². The highest BCUT2D eigenvalue weighted by atomic mass is 35.5. The van der Waals surface area contributed by atoms with E-state index in [1.165, 1.54) is 18.2 Å². The van der Waals surface area contributed by atoms with Gasteiger partial charge in [-0.2, -0.15) is 9.97 Å². The summed E-state index contributed by atoms with van der Waals surface area (Å²) >= 11 is 6.31. The Morgan fingerprint density at radius 2 is 1.83 bits per heavy atom. The first-order chi connectivity index (χ1) is 13.6. The summed E-state index contributed by atoms with van der Waals surface area (Å²) in [5, 5.41) is 13.2. The van der Waals surface area contributed by atoms with Gasteiger partial charge >= 0.3 is 6.01 Å². The van der Waals surface area contributed by atoms with Crippen molar-refractivity contribution in [2.75, 3.05) is 0 Å². The summed E-state index contributed by atoms with van der Waals surface area (Å²) in [4.78, 5) is 24.3. The molecule has 0 atom stereocenters. The molecule has 0 saturated carbocycles. The van der Waals surface area contributed by atoms with Crippen molar-refractivity contribution in [3.8, 4) is 28.8 Å². The maximum Gasteiger partial charge on any atom is 0.318 e. The summed E-state index contributed by atoms with van der Waals surface area (Å²) in [6, 6.07) is 10.4. The maximum absolute atomic E-state index is 13.5. The number of halogens is 2. The number of nitrogens with zero attached hydrogens (tertiary/aromatic N) is 3. The molecule has 2 N–H and O–H groups in total. The Bertz CT molecular complexity index is 1070. The second kappa shape index (κ2) is 8.13. The smallest absolute Gasteiger partial charge is 0.318 e. The fourth-order valence-corrected chi connectivity index (χ4v) is 2.75. The van der Waals surface area contributed by atoms with E-state index in [0.29, 0.717) is 22.7 Å². The predicted molar refractivity (Wildman–Crippen MR) is 109 cm³/mol. The van der Waals surface area contributed by atoms with Crippen molar-refractivity contribution in [1.29, 1.82) is 0 Å². The van der Waals surface area contributed by atoms with Crippen LogP contribution < -0.4 is 5.32 Å². The number of rotatable bonds is 4. The van der Waals surface area contributed by atoms with Gasteiger partial charge in [0.25, 0.3) is 0 Å². The van der Waals surface area contributed by atoms with E-state index in [1.807, 2.05) is 20.8 Å². The third-order valence-corrected chi connectivity index (χ3v) is 4.44. The molecule has 0 unspecified atom stereocenters. The lowest BCUT2D eigenvalue weighted by Gasteiger charge is -2.18. The van der Waals surface area contributed by atoms with E-state index in [0.717, 1.165) is 5.56 Å². The Balaban J connectivity index is 1.95. The predicted octanol–water partition coefficient (Wildman–Crippen LogP) is 4.37. The summed E-state index contributed by atoms with van der Waals surface area (Å²) in [5.74, 6) is -0.265. The van der Waals surface area contributed by atoms with Crippen molar-refractivity contribution in [1.82, 2.24) is 20.3 Å². The van der Waals surface area contributed by atoms with Crippen molar-refractivity contribution in [3.63, 3.8) is 0 Å². The Hall–Kier alpha value is -3.06. The summed E-state index contributed by atoms with van der Waals surface area (Å²) in [5.41, 5.74) is 1.14. The molecule has 0 bridgehead atoms. The third-order valence-electron chi connectivity index (χ3n) is 4.11. The van der Waals surface area contributed by atoms with Gasteiger partial charge in [0.1, 0.15) is 5.82 Å². The van der Waals surface area contributed by atoms with Crippen LogP contribution in [0.5, 0.6) is 6.01 Å². The van der Waals surface area contributed by atoms with Gasteiger partial charge in [-0.3, -0.25) is 4.79 Å². The van der Waals surface area contributed by atoms with Crippen LogP contribution in [0.1, 0.15) is 26.3 Å². The molecule has 0 saturated heterocycles. The van der Waals surface area contributed by atoms with Gasteiger partial charge in [0.15, 0.2) is 11.6 Å². The van der Waals surface area contributed by atoms with Gasteiger partial charge in [0.2, 0.25) is 5.91 Å². The summed E-state index contributed by atoms with van der Waals surface area (Å²) < 4.78 is 13.5. The summed E-state index contributed by atoms with van der Waals surface area (Å²) in [6.45, 7) is 5.79. The van der Waals surface area contributed by atoms with Gasteiger partial charge in [-0.15, -0.1) is 0 Å². The van der Waals surface area contributed by atoms with Gasteiger partial charge in [0, 0.05) is 23.1 Å². The number of aromatic hydroxyl groups is 1. The Morgan fingerprint density at radius 1 is 1.10 bits per heavy atom. The molecule has 1 amide bonds. The van der Waals surface area contributed by atoms with Gasteiger partial charge in [-0.1, -0.05) is 50.6 Å². The maximum atomic E-state index is 13.5. The fraction of sp³-hybridized carbons (Fsp3) is 0.238. The molecular weight excluding hydrogens is 395 g/mol. The monoisotopic (exact) mass is 414 g/mol. The molecular formula is C21H20ClFN4O2. The zero-order chi connectivity index (χ0) is 21.2. The van der Waals surface area contributed by atoms with E-state index in [1.54, 1.807) is 24.3 Å². The minimum Gasteiger partial charge on any atom is -0.479 e. The second-order valence-corrected chi connectivity index (χ2v) is 7.95. The fourth-order valence-electron chi connectivity index (χ4n) is 2.54. The van der Waals surface area contributed by atoms with E-state index < -0.39 is 17.2 Å². The minimum absolute atomic E-state index is 0.0832. The number of hydrogen-bond acceptors (Lipinski definition) is 5. The first kappa shape index (κ1) is 20.7.